The van der Waals surface area contributed by atoms with Gasteiger partial charge in [-0.15, -0.1) is 0 Å². The van der Waals surface area contributed by atoms with Gasteiger partial charge < -0.3 is 9.84 Å². The molecular weight excluding hydrogens is 208 g/mol. The highest BCUT2D eigenvalue weighted by Crippen LogP contribution is 2.15. The first-order valence-electron chi connectivity index (χ1n) is 5.42. The highest BCUT2D eigenvalue weighted by atomic mass is 16.5. The van der Waals surface area contributed by atoms with Crippen LogP contribution in [0.2, 0.25) is 0 Å². The van der Waals surface area contributed by atoms with Crippen LogP contribution >= 0.6 is 0 Å². The fourth-order valence-electron chi connectivity index (χ4n) is 1.79. The Labute approximate surface area is 93.5 Å². The van der Waals surface area contributed by atoms with Crippen LogP contribution in [-0.2, 0) is 11.2 Å². The van der Waals surface area contributed by atoms with Crippen LogP contribution in [0.1, 0.15) is 35.6 Å². The third-order valence-corrected chi connectivity index (χ3v) is 2.61. The maximum absolute atomic E-state index is 10.7. The van der Waals surface area contributed by atoms with Crippen LogP contribution in [0.15, 0.2) is 12.3 Å². The average Bonchev–Trinajstić information content (AvgIpc) is 2.30. The number of aromatic nitrogens is 2. The Kier molecular flexibility index (Phi) is 3.46. The number of hydrogen-bond donors (Lipinski definition) is 1. The lowest BCUT2D eigenvalue weighted by molar-refractivity contribution is 0.0155. The molecule has 1 saturated heterocycles. The second-order valence-corrected chi connectivity index (χ2v) is 3.86. The van der Waals surface area contributed by atoms with E-state index in [-0.39, 0.29) is 11.8 Å². The summed E-state index contributed by atoms with van der Waals surface area (Å²) in [5, 5.41) is 8.79. The third-order valence-electron chi connectivity index (χ3n) is 2.61. The van der Waals surface area contributed by atoms with Crippen LogP contribution in [0.25, 0.3) is 0 Å². The van der Waals surface area contributed by atoms with E-state index >= 15 is 0 Å². The second-order valence-electron chi connectivity index (χ2n) is 3.86. The van der Waals surface area contributed by atoms with Crippen molar-refractivity contribution in [2.75, 3.05) is 6.61 Å². The van der Waals surface area contributed by atoms with Gasteiger partial charge in [-0.2, -0.15) is 0 Å². The summed E-state index contributed by atoms with van der Waals surface area (Å²) in [6.07, 6.45) is 5.48. The number of carbonyl (C=O) groups is 1. The van der Waals surface area contributed by atoms with Crippen molar-refractivity contribution in [3.8, 4) is 0 Å². The number of hydrogen-bond acceptors (Lipinski definition) is 4. The van der Waals surface area contributed by atoms with Gasteiger partial charge in [0.15, 0.2) is 5.69 Å². The van der Waals surface area contributed by atoms with Gasteiger partial charge in [0.2, 0.25) is 0 Å². The van der Waals surface area contributed by atoms with Crippen molar-refractivity contribution in [2.45, 2.75) is 31.8 Å². The van der Waals surface area contributed by atoms with Crippen LogP contribution in [0.4, 0.5) is 0 Å². The summed E-state index contributed by atoms with van der Waals surface area (Å²) in [5.74, 6) is -0.472. The van der Waals surface area contributed by atoms with Crippen molar-refractivity contribution in [1.82, 2.24) is 9.97 Å². The molecule has 1 aromatic rings. The molecule has 0 aliphatic carbocycles. The second kappa shape index (κ2) is 5.03. The van der Waals surface area contributed by atoms with E-state index in [2.05, 4.69) is 9.97 Å². The molecule has 0 amide bonds. The van der Waals surface area contributed by atoms with Gasteiger partial charge in [0.1, 0.15) is 5.82 Å². The Morgan fingerprint density at radius 2 is 2.44 bits per heavy atom. The number of carboxylic acids is 1. The molecule has 1 aliphatic rings. The van der Waals surface area contributed by atoms with Crippen molar-refractivity contribution < 1.29 is 14.6 Å². The maximum atomic E-state index is 10.7. The largest absolute Gasteiger partial charge is 0.477 e. The Bertz CT molecular complexity index is 375. The Morgan fingerprint density at radius 1 is 1.56 bits per heavy atom. The first kappa shape index (κ1) is 11.0. The van der Waals surface area contributed by atoms with E-state index < -0.39 is 5.97 Å². The van der Waals surface area contributed by atoms with Crippen LogP contribution < -0.4 is 0 Å². The highest BCUT2D eigenvalue weighted by Gasteiger charge is 2.16. The molecule has 1 N–H and O–H groups in total. The lowest BCUT2D eigenvalue weighted by Crippen LogP contribution is -2.22. The standard InChI is InChI=1S/C11H14N2O3/c14-11(15)9-4-5-12-10(13-9)7-8-3-1-2-6-16-8/h4-5,8H,1-3,6-7H2,(H,14,15). The molecule has 0 bridgehead atoms. The minimum atomic E-state index is -1.02. The predicted molar refractivity (Wildman–Crippen MR) is 56.3 cm³/mol. The molecule has 1 aromatic heterocycles. The molecule has 0 spiro atoms. The molecule has 86 valence electrons. The molecule has 0 radical (unpaired) electrons. The SMILES string of the molecule is O=C(O)c1ccnc(CC2CCCCO2)n1. The minimum absolute atomic E-state index is 0.0424. The topological polar surface area (TPSA) is 72.3 Å². The third kappa shape index (κ3) is 2.76. The van der Waals surface area contributed by atoms with Gasteiger partial charge in [-0.3, -0.25) is 0 Å². The molecule has 1 atom stereocenters. The minimum Gasteiger partial charge on any atom is -0.477 e. The van der Waals surface area contributed by atoms with Crippen molar-refractivity contribution in [3.05, 3.63) is 23.8 Å². The van der Waals surface area contributed by atoms with E-state index in [1.165, 1.54) is 12.3 Å². The molecule has 5 heteroatoms. The Hall–Kier alpha value is -1.49. The molecule has 1 unspecified atom stereocenters. The number of carboxylic acid groups (broad SMARTS) is 1. The lowest BCUT2D eigenvalue weighted by Gasteiger charge is -2.21. The first-order chi connectivity index (χ1) is 7.75. The molecule has 1 aliphatic heterocycles. The zero-order valence-corrected chi connectivity index (χ0v) is 8.93. The smallest absolute Gasteiger partial charge is 0.354 e. The molecule has 1 fully saturated rings. The van der Waals surface area contributed by atoms with Crippen LogP contribution in [0, 0.1) is 0 Å². The number of aromatic carboxylic acids is 1. The summed E-state index contributed by atoms with van der Waals surface area (Å²) in [5.41, 5.74) is 0.0424. The van der Waals surface area contributed by atoms with Crippen molar-refractivity contribution in [3.63, 3.8) is 0 Å². The number of nitrogens with zero attached hydrogens (tertiary/aromatic N) is 2. The highest BCUT2D eigenvalue weighted by molar-refractivity contribution is 5.85. The lowest BCUT2D eigenvalue weighted by atomic mass is 10.1. The fraction of sp³-hybridized carbons (Fsp3) is 0.545. The molecule has 0 saturated carbocycles. The van der Waals surface area contributed by atoms with Gasteiger partial charge >= 0.3 is 5.97 Å². The van der Waals surface area contributed by atoms with Crippen LogP contribution in [0.5, 0.6) is 0 Å². The quantitative estimate of drug-likeness (QED) is 0.834. The molecule has 2 heterocycles. The Morgan fingerprint density at radius 3 is 3.12 bits per heavy atom. The van der Waals surface area contributed by atoms with Gasteiger partial charge in [-0.1, -0.05) is 0 Å². The summed E-state index contributed by atoms with van der Waals surface area (Å²) in [7, 11) is 0. The summed E-state index contributed by atoms with van der Waals surface area (Å²) in [4.78, 5) is 18.8. The van der Waals surface area contributed by atoms with E-state index in [0.717, 1.165) is 25.9 Å². The summed E-state index contributed by atoms with van der Waals surface area (Å²) < 4.78 is 5.55. The fourth-order valence-corrected chi connectivity index (χ4v) is 1.79. The molecular formula is C11H14N2O3. The van der Waals surface area contributed by atoms with Gasteiger partial charge in [0, 0.05) is 19.2 Å². The first-order valence-corrected chi connectivity index (χ1v) is 5.42. The van der Waals surface area contributed by atoms with Crippen molar-refractivity contribution in [2.24, 2.45) is 0 Å². The van der Waals surface area contributed by atoms with E-state index in [4.69, 9.17) is 9.84 Å². The predicted octanol–water partition coefficient (Wildman–Crippen LogP) is 1.29. The maximum Gasteiger partial charge on any atom is 0.354 e. The summed E-state index contributed by atoms with van der Waals surface area (Å²) in [6, 6.07) is 1.40. The summed E-state index contributed by atoms with van der Waals surface area (Å²) in [6.45, 7) is 0.781. The Balaban J connectivity index is 2.02. The molecule has 5 nitrogen and oxygen atoms in total. The average molecular weight is 222 g/mol. The van der Waals surface area contributed by atoms with E-state index in [9.17, 15) is 4.79 Å². The molecule has 0 aromatic carbocycles. The molecule has 2 rings (SSSR count). The number of rotatable bonds is 3. The normalized spacial score (nSPS) is 20.6. The van der Waals surface area contributed by atoms with Gasteiger partial charge in [-0.05, 0) is 25.3 Å². The zero-order chi connectivity index (χ0) is 11.4. The van der Waals surface area contributed by atoms with Crippen molar-refractivity contribution in [1.29, 1.82) is 0 Å². The monoisotopic (exact) mass is 222 g/mol. The van der Waals surface area contributed by atoms with E-state index in [0.29, 0.717) is 12.2 Å². The number of ether oxygens (including phenoxy) is 1. The van der Waals surface area contributed by atoms with Gasteiger partial charge in [0.05, 0.1) is 6.10 Å². The van der Waals surface area contributed by atoms with Crippen LogP contribution in [-0.4, -0.2) is 33.8 Å². The zero-order valence-electron chi connectivity index (χ0n) is 8.93. The van der Waals surface area contributed by atoms with Crippen LogP contribution in [0.3, 0.4) is 0 Å². The van der Waals surface area contributed by atoms with E-state index in [1.54, 1.807) is 0 Å². The molecule has 16 heavy (non-hydrogen) atoms. The van der Waals surface area contributed by atoms with Crippen molar-refractivity contribution >= 4 is 5.97 Å². The van der Waals surface area contributed by atoms with Gasteiger partial charge in [-0.25, -0.2) is 14.8 Å². The summed E-state index contributed by atoms with van der Waals surface area (Å²) >= 11 is 0. The van der Waals surface area contributed by atoms with Gasteiger partial charge in [0.25, 0.3) is 0 Å². The van der Waals surface area contributed by atoms with E-state index in [1.807, 2.05) is 0 Å².